The lowest BCUT2D eigenvalue weighted by atomic mass is 9.83. The van der Waals surface area contributed by atoms with Crippen molar-refractivity contribution in [2.45, 2.75) is 25.2 Å². The molecule has 168 valence electrons. The van der Waals surface area contributed by atoms with Gasteiger partial charge in [-0.2, -0.15) is 0 Å². The van der Waals surface area contributed by atoms with Gasteiger partial charge >= 0.3 is 0 Å². The van der Waals surface area contributed by atoms with E-state index < -0.39 is 5.92 Å². The van der Waals surface area contributed by atoms with Crippen molar-refractivity contribution >= 4 is 44.9 Å². The zero-order valence-corrected chi connectivity index (χ0v) is 18.4. The number of halogens is 1. The average Bonchev–Trinajstić information content (AvgIpc) is 3.20. The summed E-state index contributed by atoms with van der Waals surface area (Å²) in [5, 5.41) is 16.4. The van der Waals surface area contributed by atoms with Crippen LogP contribution in [0, 0.1) is 5.41 Å². The summed E-state index contributed by atoms with van der Waals surface area (Å²) in [6.07, 6.45) is 0.854. The standard InChI is InChI=1S/C24H25ClN2O5/c25-11-24(14-28)12-27(13-24)7-8-31-17-3-5-18-15(9-17)1-6-21-22(18)23(26-32-21)19-4-2-16(29)10-20(19)30/h1,3,5-6,9,19,28H,2,4,7-8,10-14H2/t19-/m1/s1. The van der Waals surface area contributed by atoms with Crippen LogP contribution in [-0.4, -0.2) is 65.5 Å². The van der Waals surface area contributed by atoms with E-state index in [1.165, 1.54) is 0 Å². The van der Waals surface area contributed by atoms with Crippen LogP contribution in [0.5, 0.6) is 5.75 Å². The Morgan fingerprint density at radius 2 is 2.09 bits per heavy atom. The van der Waals surface area contributed by atoms with E-state index in [1.807, 2.05) is 30.3 Å². The first-order valence-electron chi connectivity index (χ1n) is 10.9. The molecule has 0 amide bonds. The molecular formula is C24H25ClN2O5. The zero-order valence-electron chi connectivity index (χ0n) is 17.7. The number of ether oxygens (including phenoxy) is 1. The number of fused-ring (bicyclic) bond motifs is 3. The van der Waals surface area contributed by atoms with E-state index in [0.717, 1.165) is 41.5 Å². The number of hydrogen-bond donors (Lipinski definition) is 1. The van der Waals surface area contributed by atoms with Crippen molar-refractivity contribution in [2.75, 3.05) is 38.7 Å². The summed E-state index contributed by atoms with van der Waals surface area (Å²) in [5.41, 5.74) is 1.09. The van der Waals surface area contributed by atoms with Gasteiger partial charge in [0.2, 0.25) is 0 Å². The third-order valence-electron chi connectivity index (χ3n) is 6.67. The summed E-state index contributed by atoms with van der Waals surface area (Å²) in [6.45, 7) is 3.00. The molecule has 3 aromatic rings. The second-order valence-electron chi connectivity index (χ2n) is 9.01. The van der Waals surface area contributed by atoms with Crippen molar-refractivity contribution in [3.8, 4) is 5.75 Å². The minimum atomic E-state index is -0.397. The molecule has 0 unspecified atom stereocenters. The monoisotopic (exact) mass is 456 g/mol. The number of alkyl halides is 1. The summed E-state index contributed by atoms with van der Waals surface area (Å²) in [7, 11) is 0. The molecule has 2 aromatic carbocycles. The molecular weight excluding hydrogens is 432 g/mol. The fraction of sp³-hybridized carbons (Fsp3) is 0.458. The molecule has 1 saturated heterocycles. The van der Waals surface area contributed by atoms with Gasteiger partial charge in [-0.15, -0.1) is 11.6 Å². The lowest BCUT2D eigenvalue weighted by molar-refractivity contribution is -0.130. The Morgan fingerprint density at radius 3 is 2.84 bits per heavy atom. The first-order chi connectivity index (χ1) is 15.5. The number of aliphatic hydroxyl groups is 1. The van der Waals surface area contributed by atoms with E-state index in [1.54, 1.807) is 0 Å². The van der Waals surface area contributed by atoms with E-state index >= 15 is 0 Å². The third kappa shape index (κ3) is 3.78. The molecule has 2 fully saturated rings. The molecule has 1 saturated carbocycles. The largest absolute Gasteiger partial charge is 0.492 e. The second kappa shape index (κ2) is 8.46. The number of carbonyl (C=O) groups is 2. The number of ketones is 2. The minimum absolute atomic E-state index is 0.00589. The summed E-state index contributed by atoms with van der Waals surface area (Å²) >= 11 is 5.96. The highest BCUT2D eigenvalue weighted by Crippen LogP contribution is 2.37. The number of likely N-dealkylation sites (tertiary alicyclic amines) is 1. The maximum Gasteiger partial charge on any atom is 0.167 e. The molecule has 1 aliphatic heterocycles. The van der Waals surface area contributed by atoms with Gasteiger partial charge in [0.25, 0.3) is 0 Å². The lowest BCUT2D eigenvalue weighted by Crippen LogP contribution is -2.60. The first-order valence-corrected chi connectivity index (χ1v) is 11.4. The molecule has 32 heavy (non-hydrogen) atoms. The van der Waals surface area contributed by atoms with Crippen LogP contribution in [0.2, 0.25) is 0 Å². The summed E-state index contributed by atoms with van der Waals surface area (Å²) in [6, 6.07) is 9.68. The van der Waals surface area contributed by atoms with Crippen LogP contribution in [0.4, 0.5) is 0 Å². The Morgan fingerprint density at radius 1 is 1.25 bits per heavy atom. The van der Waals surface area contributed by atoms with Gasteiger partial charge in [-0.1, -0.05) is 11.2 Å². The molecule has 0 radical (unpaired) electrons. The van der Waals surface area contributed by atoms with Crippen LogP contribution >= 0.6 is 11.6 Å². The van der Waals surface area contributed by atoms with Crippen LogP contribution in [0.3, 0.4) is 0 Å². The highest BCUT2D eigenvalue weighted by molar-refractivity contribution is 6.18. The molecule has 0 spiro atoms. The van der Waals surface area contributed by atoms with E-state index in [2.05, 4.69) is 10.1 Å². The fourth-order valence-corrected chi connectivity index (χ4v) is 5.09. The topological polar surface area (TPSA) is 92.9 Å². The van der Waals surface area contributed by atoms with Gasteiger partial charge in [0.15, 0.2) is 5.58 Å². The van der Waals surface area contributed by atoms with Crippen molar-refractivity contribution in [1.82, 2.24) is 10.1 Å². The van der Waals surface area contributed by atoms with Crippen molar-refractivity contribution in [3.05, 3.63) is 36.0 Å². The number of hydrogen-bond acceptors (Lipinski definition) is 7. The summed E-state index contributed by atoms with van der Waals surface area (Å²) in [5.74, 6) is 0.743. The summed E-state index contributed by atoms with van der Waals surface area (Å²) in [4.78, 5) is 26.3. The van der Waals surface area contributed by atoms with E-state index in [-0.39, 0.29) is 30.0 Å². The molecule has 1 N–H and O–H groups in total. The molecule has 0 bridgehead atoms. The Bertz CT molecular complexity index is 1180. The average molecular weight is 457 g/mol. The molecule has 1 aliphatic carbocycles. The Labute approximate surface area is 190 Å². The number of carbonyl (C=O) groups excluding carboxylic acids is 2. The molecule has 7 nitrogen and oxygen atoms in total. The van der Waals surface area contributed by atoms with Gasteiger partial charge < -0.3 is 14.4 Å². The maximum atomic E-state index is 12.5. The number of benzene rings is 2. The van der Waals surface area contributed by atoms with Gasteiger partial charge in [-0.25, -0.2) is 0 Å². The number of aliphatic hydroxyl groups excluding tert-OH is 1. The van der Waals surface area contributed by atoms with Crippen molar-refractivity contribution in [1.29, 1.82) is 0 Å². The van der Waals surface area contributed by atoms with Gasteiger partial charge in [-0.3, -0.25) is 14.5 Å². The van der Waals surface area contributed by atoms with E-state index in [9.17, 15) is 14.7 Å². The molecule has 1 aromatic heterocycles. The highest BCUT2D eigenvalue weighted by Gasteiger charge is 2.41. The van der Waals surface area contributed by atoms with Crippen molar-refractivity contribution in [2.24, 2.45) is 5.41 Å². The van der Waals surface area contributed by atoms with Gasteiger partial charge in [-0.05, 0) is 41.5 Å². The second-order valence-corrected chi connectivity index (χ2v) is 9.28. The van der Waals surface area contributed by atoms with Gasteiger partial charge in [0.1, 0.15) is 29.6 Å². The Hall–Kier alpha value is -2.48. The van der Waals surface area contributed by atoms with Crippen LogP contribution in [0.1, 0.15) is 30.9 Å². The normalized spacial score (nSPS) is 21.2. The van der Waals surface area contributed by atoms with E-state index in [0.29, 0.717) is 36.6 Å². The smallest absolute Gasteiger partial charge is 0.167 e. The highest BCUT2D eigenvalue weighted by atomic mass is 35.5. The third-order valence-corrected chi connectivity index (χ3v) is 7.23. The molecule has 2 heterocycles. The molecule has 2 aliphatic rings. The summed E-state index contributed by atoms with van der Waals surface area (Å²) < 4.78 is 11.5. The number of nitrogens with zero attached hydrogens (tertiary/aromatic N) is 2. The number of aromatic nitrogens is 1. The van der Waals surface area contributed by atoms with Crippen molar-refractivity contribution < 1.29 is 24.0 Å². The molecule has 1 atom stereocenters. The van der Waals surface area contributed by atoms with E-state index in [4.69, 9.17) is 20.9 Å². The molecule has 5 rings (SSSR count). The number of rotatable bonds is 7. The van der Waals surface area contributed by atoms with Crippen LogP contribution in [-0.2, 0) is 9.59 Å². The SMILES string of the molecule is O=C1CC[C@@H](c2noc3ccc4cc(OCCN5CC(CO)(CCl)C5)ccc4c23)C(=O)C1. The minimum Gasteiger partial charge on any atom is -0.492 e. The quantitative estimate of drug-likeness (QED) is 0.430. The maximum absolute atomic E-state index is 12.5. The van der Waals surface area contributed by atoms with Gasteiger partial charge in [0.05, 0.1) is 24.3 Å². The first kappa shape index (κ1) is 21.4. The Balaban J connectivity index is 1.32. The predicted octanol–water partition coefficient (Wildman–Crippen LogP) is 3.30. The van der Waals surface area contributed by atoms with Crippen LogP contribution in [0.25, 0.3) is 21.7 Å². The van der Waals surface area contributed by atoms with Crippen molar-refractivity contribution in [3.63, 3.8) is 0 Å². The molecule has 8 heteroatoms. The van der Waals surface area contributed by atoms with Crippen LogP contribution < -0.4 is 4.74 Å². The lowest BCUT2D eigenvalue weighted by Gasteiger charge is -2.48. The predicted molar refractivity (Wildman–Crippen MR) is 120 cm³/mol. The Kier molecular flexibility index (Phi) is 5.65. The van der Waals surface area contributed by atoms with Gasteiger partial charge in [0, 0.05) is 37.4 Å². The van der Waals surface area contributed by atoms with Crippen LogP contribution in [0.15, 0.2) is 34.9 Å². The fourth-order valence-electron chi connectivity index (χ4n) is 4.84. The number of Topliss-reactive ketones (excluding diaryl/α,β-unsaturated/α-hetero) is 2. The zero-order chi connectivity index (χ0) is 22.3.